The Bertz CT molecular complexity index is 1080. The number of amides is 1. The summed E-state index contributed by atoms with van der Waals surface area (Å²) >= 11 is 0. The van der Waals surface area contributed by atoms with E-state index in [0.29, 0.717) is 22.1 Å². The van der Waals surface area contributed by atoms with Crippen LogP contribution in [0.3, 0.4) is 0 Å². The van der Waals surface area contributed by atoms with Crippen molar-refractivity contribution in [2.24, 2.45) is 0 Å². The molecular weight excluding hydrogens is 408 g/mol. The van der Waals surface area contributed by atoms with Gasteiger partial charge in [0, 0.05) is 25.6 Å². The number of nitrogens with zero attached hydrogens (tertiary/aromatic N) is 1. The molecule has 1 heterocycles. The summed E-state index contributed by atoms with van der Waals surface area (Å²) in [5, 5.41) is 17.2. The van der Waals surface area contributed by atoms with Crippen molar-refractivity contribution in [3.8, 4) is 11.1 Å². The molecule has 0 fully saturated rings. The molecule has 2 rings (SSSR count). The molecule has 0 saturated heterocycles. The zero-order valence-corrected chi connectivity index (χ0v) is 17.9. The molecule has 0 radical (unpaired) electrons. The smallest absolute Gasteiger partial charge is 0.285 e. The van der Waals surface area contributed by atoms with E-state index in [2.05, 4.69) is 0 Å². The molecule has 2 atom stereocenters. The maximum Gasteiger partial charge on any atom is 0.285 e. The molecule has 0 aliphatic heterocycles. The maximum atomic E-state index is 12.5. The van der Waals surface area contributed by atoms with Crippen molar-refractivity contribution >= 4 is 22.0 Å². The molecule has 2 aromatic rings. The minimum absolute atomic E-state index is 0.0223. The standard InChI is InChI=1S/C21H26N2O6S/c1-4-5-19(25)22-30(28,29)21(3,27)23-13-12-18(14-20(23)26)17-10-8-16(9-11-17)7-6-15(2)24/h6-15,24,27H,4-5H2,1-3H3,(H,22,25)/b7-6+. The van der Waals surface area contributed by atoms with Crippen molar-refractivity contribution in [3.05, 3.63) is 64.6 Å². The topological polar surface area (TPSA) is 126 Å². The van der Waals surface area contributed by atoms with E-state index in [1.165, 1.54) is 18.3 Å². The van der Waals surface area contributed by atoms with Gasteiger partial charge in [0.2, 0.25) is 5.91 Å². The van der Waals surface area contributed by atoms with Crippen LogP contribution in [0.5, 0.6) is 0 Å². The van der Waals surface area contributed by atoms with E-state index in [0.717, 1.165) is 12.5 Å². The zero-order chi connectivity index (χ0) is 22.5. The normalized spacial score (nSPS) is 15.0. The van der Waals surface area contributed by atoms with Crippen LogP contribution in [0.2, 0.25) is 0 Å². The lowest BCUT2D eigenvalue weighted by Gasteiger charge is -2.26. The second-order valence-electron chi connectivity index (χ2n) is 7.06. The Morgan fingerprint density at radius 2 is 1.87 bits per heavy atom. The summed E-state index contributed by atoms with van der Waals surface area (Å²) in [7, 11) is -4.56. The third kappa shape index (κ3) is 5.44. The summed E-state index contributed by atoms with van der Waals surface area (Å²) in [4.78, 5) is 24.2. The first-order valence-electron chi connectivity index (χ1n) is 9.45. The van der Waals surface area contributed by atoms with Gasteiger partial charge in [0.25, 0.3) is 20.6 Å². The number of aromatic nitrogens is 1. The van der Waals surface area contributed by atoms with Crippen molar-refractivity contribution < 1.29 is 23.4 Å². The Balaban J connectivity index is 2.32. The molecule has 1 aromatic heterocycles. The Kier molecular flexibility index (Phi) is 7.35. The van der Waals surface area contributed by atoms with Crippen LogP contribution in [0.1, 0.15) is 39.2 Å². The van der Waals surface area contributed by atoms with Gasteiger partial charge in [0.1, 0.15) is 0 Å². The van der Waals surface area contributed by atoms with Crippen molar-refractivity contribution in [1.82, 2.24) is 9.29 Å². The van der Waals surface area contributed by atoms with E-state index >= 15 is 0 Å². The van der Waals surface area contributed by atoms with Gasteiger partial charge in [-0.1, -0.05) is 43.3 Å². The van der Waals surface area contributed by atoms with Crippen LogP contribution in [0, 0.1) is 0 Å². The Morgan fingerprint density at radius 1 is 1.23 bits per heavy atom. The Hall–Kier alpha value is -2.75. The molecular formula is C21H26N2O6S. The van der Waals surface area contributed by atoms with Crippen molar-refractivity contribution in [2.45, 2.75) is 44.8 Å². The minimum atomic E-state index is -4.56. The van der Waals surface area contributed by atoms with Crippen LogP contribution in [0.25, 0.3) is 17.2 Å². The summed E-state index contributed by atoms with van der Waals surface area (Å²) in [5.74, 6) is -0.757. The SMILES string of the molecule is CCCC(=O)NS(=O)(=O)C(C)(O)n1ccc(-c2ccc(/C=C/C(C)O)cc2)cc1=O. The van der Waals surface area contributed by atoms with Gasteiger partial charge in [-0.15, -0.1) is 0 Å². The summed E-state index contributed by atoms with van der Waals surface area (Å²) < 4.78 is 27.3. The maximum absolute atomic E-state index is 12.5. The van der Waals surface area contributed by atoms with Crippen LogP contribution in [-0.2, 0) is 19.9 Å². The van der Waals surface area contributed by atoms with E-state index in [4.69, 9.17) is 0 Å². The molecule has 0 bridgehead atoms. The number of benzene rings is 1. The molecule has 0 aliphatic carbocycles. The largest absolute Gasteiger partial charge is 0.389 e. The van der Waals surface area contributed by atoms with E-state index in [-0.39, 0.29) is 6.42 Å². The Morgan fingerprint density at radius 3 is 2.40 bits per heavy atom. The highest BCUT2D eigenvalue weighted by atomic mass is 32.2. The van der Waals surface area contributed by atoms with Gasteiger partial charge in [-0.3, -0.25) is 14.2 Å². The Labute approximate surface area is 175 Å². The number of hydrogen-bond donors (Lipinski definition) is 3. The molecule has 3 N–H and O–H groups in total. The van der Waals surface area contributed by atoms with Crippen molar-refractivity contribution in [2.75, 3.05) is 0 Å². The molecule has 0 saturated carbocycles. The van der Waals surface area contributed by atoms with Gasteiger partial charge in [-0.05, 0) is 36.1 Å². The van der Waals surface area contributed by atoms with Crippen LogP contribution in [0.4, 0.5) is 0 Å². The molecule has 2 unspecified atom stereocenters. The zero-order valence-electron chi connectivity index (χ0n) is 17.1. The van der Waals surface area contributed by atoms with E-state index < -0.39 is 32.7 Å². The van der Waals surface area contributed by atoms with Gasteiger partial charge in [0.15, 0.2) is 0 Å². The fourth-order valence-electron chi connectivity index (χ4n) is 2.69. The summed E-state index contributed by atoms with van der Waals surface area (Å²) in [6.07, 6.45) is 4.42. The predicted octanol–water partition coefficient (Wildman–Crippen LogP) is 1.78. The lowest BCUT2D eigenvalue weighted by Crippen LogP contribution is -2.51. The molecule has 0 aliphatic rings. The third-order valence-electron chi connectivity index (χ3n) is 4.41. The molecule has 1 amide bonds. The molecule has 162 valence electrons. The first-order valence-corrected chi connectivity index (χ1v) is 10.9. The number of carbonyl (C=O) groups is 1. The first-order chi connectivity index (χ1) is 14.0. The quantitative estimate of drug-likeness (QED) is 0.581. The predicted molar refractivity (Wildman–Crippen MR) is 115 cm³/mol. The number of hydrogen-bond acceptors (Lipinski definition) is 6. The first kappa shape index (κ1) is 23.5. The van der Waals surface area contributed by atoms with Gasteiger partial charge in [0.05, 0.1) is 6.10 Å². The second kappa shape index (κ2) is 9.38. The van der Waals surface area contributed by atoms with Crippen LogP contribution in [0.15, 0.2) is 53.5 Å². The second-order valence-corrected chi connectivity index (χ2v) is 9.04. The number of sulfonamides is 1. The van der Waals surface area contributed by atoms with E-state index in [9.17, 15) is 28.2 Å². The summed E-state index contributed by atoms with van der Waals surface area (Å²) in [6.45, 7) is 4.28. The van der Waals surface area contributed by atoms with E-state index in [1.807, 2.05) is 12.1 Å². The molecule has 0 spiro atoms. The van der Waals surface area contributed by atoms with Gasteiger partial charge < -0.3 is 10.2 Å². The highest BCUT2D eigenvalue weighted by molar-refractivity contribution is 7.90. The lowest BCUT2D eigenvalue weighted by molar-refractivity contribution is -0.119. The minimum Gasteiger partial charge on any atom is -0.389 e. The average molecular weight is 435 g/mol. The molecule has 30 heavy (non-hydrogen) atoms. The number of rotatable bonds is 8. The summed E-state index contributed by atoms with van der Waals surface area (Å²) in [6, 6.07) is 9.88. The van der Waals surface area contributed by atoms with Gasteiger partial charge >= 0.3 is 0 Å². The van der Waals surface area contributed by atoms with Crippen molar-refractivity contribution in [3.63, 3.8) is 0 Å². The highest BCUT2D eigenvalue weighted by Gasteiger charge is 2.40. The van der Waals surface area contributed by atoms with Crippen LogP contribution in [-0.4, -0.2) is 35.2 Å². The third-order valence-corrected chi connectivity index (χ3v) is 6.12. The van der Waals surface area contributed by atoms with Gasteiger partial charge in [-0.2, -0.15) is 0 Å². The average Bonchev–Trinajstić information content (AvgIpc) is 2.66. The monoisotopic (exact) mass is 434 g/mol. The molecule has 8 nitrogen and oxygen atoms in total. The molecule has 1 aromatic carbocycles. The van der Waals surface area contributed by atoms with Crippen LogP contribution < -0.4 is 10.3 Å². The fraction of sp³-hybridized carbons (Fsp3) is 0.333. The van der Waals surface area contributed by atoms with Crippen LogP contribution >= 0.6 is 0 Å². The van der Waals surface area contributed by atoms with Crippen molar-refractivity contribution in [1.29, 1.82) is 0 Å². The lowest BCUT2D eigenvalue weighted by atomic mass is 10.0. The molecule has 9 heteroatoms. The number of aliphatic hydroxyl groups excluding tert-OH is 1. The van der Waals surface area contributed by atoms with Gasteiger partial charge in [-0.25, -0.2) is 13.1 Å². The van der Waals surface area contributed by atoms with E-state index in [1.54, 1.807) is 42.9 Å². The number of aliphatic hydroxyl groups is 2. The number of pyridine rings is 1. The highest BCUT2D eigenvalue weighted by Crippen LogP contribution is 2.22. The fourth-order valence-corrected chi connectivity index (χ4v) is 3.70. The summed E-state index contributed by atoms with van der Waals surface area (Å²) in [5.41, 5.74) is 1.37. The number of nitrogens with one attached hydrogen (secondary N) is 1. The number of carbonyl (C=O) groups excluding carboxylic acids is 1.